The Kier molecular flexibility index (Phi) is 4.99. The van der Waals surface area contributed by atoms with E-state index in [1.54, 1.807) is 17.1 Å². The number of nitrogens with two attached hydrogens (primary N) is 1. The largest absolute Gasteiger partial charge is 0.381 e. The number of nitrogens with zero attached hydrogens (tertiary/aromatic N) is 3. The maximum atomic E-state index is 12.2. The molecule has 2 aromatic rings. The summed E-state index contributed by atoms with van der Waals surface area (Å²) < 4.78 is 6.98. The fourth-order valence-electron chi connectivity index (χ4n) is 2.70. The summed E-state index contributed by atoms with van der Waals surface area (Å²) in [6.07, 6.45) is 6.91. The Bertz CT molecular complexity index is 638. The second-order valence-corrected chi connectivity index (χ2v) is 5.67. The summed E-state index contributed by atoms with van der Waals surface area (Å²) in [7, 11) is 0. The van der Waals surface area contributed by atoms with Crippen LogP contribution in [0.2, 0.25) is 0 Å². The minimum Gasteiger partial charge on any atom is -0.381 e. The molecule has 1 atom stereocenters. The first kappa shape index (κ1) is 15.6. The van der Waals surface area contributed by atoms with Gasteiger partial charge in [-0.1, -0.05) is 0 Å². The van der Waals surface area contributed by atoms with Crippen molar-refractivity contribution in [1.82, 2.24) is 20.1 Å². The van der Waals surface area contributed by atoms with Gasteiger partial charge in [-0.2, -0.15) is 5.10 Å². The smallest absolute Gasteiger partial charge is 0.237 e. The van der Waals surface area contributed by atoms with Gasteiger partial charge >= 0.3 is 0 Å². The zero-order chi connectivity index (χ0) is 16.1. The lowest BCUT2D eigenvalue weighted by Crippen LogP contribution is -2.46. The lowest BCUT2D eigenvalue weighted by atomic mass is 9.92. The number of hydrogen-bond acceptors (Lipinski definition) is 5. The fraction of sp³-hybridized carbons (Fsp3) is 0.438. The number of rotatable bonds is 5. The minimum atomic E-state index is -0.480. The van der Waals surface area contributed by atoms with Crippen LogP contribution in [0.5, 0.6) is 0 Å². The van der Waals surface area contributed by atoms with E-state index >= 15 is 0 Å². The van der Waals surface area contributed by atoms with Crippen LogP contribution >= 0.6 is 0 Å². The quantitative estimate of drug-likeness (QED) is 0.844. The standard InChI is InChI=1S/C16H21N5O2/c17-15(13-3-8-23-9-4-13)16(22)19-11-12-2-6-18-14(10-12)21-7-1-5-20-21/h1-2,5-7,10,13,15H,3-4,8-9,11,17H2,(H,19,22). The van der Waals surface area contributed by atoms with Gasteiger partial charge in [0.15, 0.2) is 5.82 Å². The Morgan fingerprint density at radius 3 is 3.00 bits per heavy atom. The van der Waals surface area contributed by atoms with Crippen molar-refractivity contribution in [3.63, 3.8) is 0 Å². The topological polar surface area (TPSA) is 95.1 Å². The second kappa shape index (κ2) is 7.34. The molecule has 1 amide bonds. The number of pyridine rings is 1. The number of carbonyl (C=O) groups excluding carboxylic acids is 1. The summed E-state index contributed by atoms with van der Waals surface area (Å²) in [5, 5.41) is 7.05. The van der Waals surface area contributed by atoms with Gasteiger partial charge in [-0.25, -0.2) is 9.67 Å². The molecule has 0 radical (unpaired) electrons. The van der Waals surface area contributed by atoms with Crippen molar-refractivity contribution in [2.45, 2.75) is 25.4 Å². The maximum absolute atomic E-state index is 12.2. The summed E-state index contributed by atoms with van der Waals surface area (Å²) >= 11 is 0. The van der Waals surface area contributed by atoms with Gasteiger partial charge in [0.05, 0.1) is 6.04 Å². The van der Waals surface area contributed by atoms with Crippen LogP contribution in [0, 0.1) is 5.92 Å². The zero-order valence-corrected chi connectivity index (χ0v) is 12.9. The van der Waals surface area contributed by atoms with Crippen LogP contribution in [-0.4, -0.2) is 39.9 Å². The highest BCUT2D eigenvalue weighted by atomic mass is 16.5. The summed E-state index contributed by atoms with van der Waals surface area (Å²) in [5.74, 6) is 0.797. The fourth-order valence-corrected chi connectivity index (χ4v) is 2.70. The van der Waals surface area contributed by atoms with Crippen LogP contribution in [0.1, 0.15) is 18.4 Å². The number of ether oxygens (including phenoxy) is 1. The molecule has 1 aliphatic rings. The van der Waals surface area contributed by atoms with Crippen LogP contribution in [0.15, 0.2) is 36.8 Å². The van der Waals surface area contributed by atoms with Gasteiger partial charge in [-0.05, 0) is 42.5 Å². The maximum Gasteiger partial charge on any atom is 0.237 e. The van der Waals surface area contributed by atoms with E-state index in [1.165, 1.54) is 0 Å². The zero-order valence-electron chi connectivity index (χ0n) is 12.9. The SMILES string of the molecule is NC(C(=O)NCc1ccnc(-n2cccn2)c1)C1CCOCC1. The molecule has 1 fully saturated rings. The third-order valence-corrected chi connectivity index (χ3v) is 4.09. The second-order valence-electron chi connectivity index (χ2n) is 5.67. The van der Waals surface area contributed by atoms with Crippen LogP contribution in [0.25, 0.3) is 5.82 Å². The van der Waals surface area contributed by atoms with Crippen LogP contribution < -0.4 is 11.1 Å². The number of hydrogen-bond donors (Lipinski definition) is 2. The van der Waals surface area contributed by atoms with E-state index in [4.69, 9.17) is 10.5 Å². The molecule has 0 aliphatic carbocycles. The van der Waals surface area contributed by atoms with E-state index < -0.39 is 6.04 Å². The van der Waals surface area contributed by atoms with E-state index in [0.29, 0.717) is 19.8 Å². The van der Waals surface area contributed by atoms with Crippen LogP contribution in [-0.2, 0) is 16.1 Å². The minimum absolute atomic E-state index is 0.116. The predicted molar refractivity (Wildman–Crippen MR) is 84.7 cm³/mol. The molecule has 23 heavy (non-hydrogen) atoms. The van der Waals surface area contributed by atoms with Gasteiger partial charge in [0.2, 0.25) is 5.91 Å². The Hall–Kier alpha value is -2.25. The summed E-state index contributed by atoms with van der Waals surface area (Å²) in [6, 6.07) is 5.12. The first-order valence-electron chi connectivity index (χ1n) is 7.80. The van der Waals surface area contributed by atoms with Gasteiger partial charge in [0.1, 0.15) is 0 Å². The highest BCUT2D eigenvalue weighted by Gasteiger charge is 2.26. The monoisotopic (exact) mass is 315 g/mol. The Morgan fingerprint density at radius 1 is 1.43 bits per heavy atom. The predicted octanol–water partition coefficient (Wildman–Crippen LogP) is 0.637. The van der Waals surface area contributed by atoms with Gasteiger partial charge in [-0.15, -0.1) is 0 Å². The molecule has 1 aliphatic heterocycles. The van der Waals surface area contributed by atoms with E-state index in [9.17, 15) is 4.79 Å². The van der Waals surface area contributed by atoms with E-state index in [1.807, 2.05) is 24.4 Å². The summed E-state index contributed by atoms with van der Waals surface area (Å²) in [4.78, 5) is 16.5. The lowest BCUT2D eigenvalue weighted by molar-refractivity contribution is -0.124. The first-order chi connectivity index (χ1) is 11.2. The number of carbonyl (C=O) groups is 1. The Labute approximate surface area is 134 Å². The van der Waals surface area contributed by atoms with Gasteiger partial charge in [0, 0.05) is 38.3 Å². The number of aromatic nitrogens is 3. The first-order valence-corrected chi connectivity index (χ1v) is 7.80. The van der Waals surface area contributed by atoms with Crippen molar-refractivity contribution in [1.29, 1.82) is 0 Å². The Balaban J connectivity index is 1.57. The molecule has 0 bridgehead atoms. The molecule has 3 heterocycles. The van der Waals surface area contributed by atoms with Crippen LogP contribution in [0.4, 0.5) is 0 Å². The Morgan fingerprint density at radius 2 is 2.26 bits per heavy atom. The molecule has 1 unspecified atom stereocenters. The summed E-state index contributed by atoms with van der Waals surface area (Å²) in [6.45, 7) is 1.79. The van der Waals surface area contributed by atoms with E-state index in [-0.39, 0.29) is 11.8 Å². The normalized spacial score (nSPS) is 16.9. The van der Waals surface area contributed by atoms with Crippen molar-refractivity contribution in [3.05, 3.63) is 42.4 Å². The molecule has 7 heteroatoms. The molecule has 0 spiro atoms. The molecular formula is C16H21N5O2. The molecule has 0 saturated carbocycles. The third kappa shape index (κ3) is 3.94. The molecule has 2 aromatic heterocycles. The average molecular weight is 315 g/mol. The van der Waals surface area contributed by atoms with Crippen molar-refractivity contribution in [3.8, 4) is 5.82 Å². The van der Waals surface area contributed by atoms with Crippen LogP contribution in [0.3, 0.4) is 0 Å². The van der Waals surface area contributed by atoms with Crippen molar-refractivity contribution in [2.24, 2.45) is 11.7 Å². The molecule has 0 aromatic carbocycles. The van der Waals surface area contributed by atoms with Gasteiger partial charge in [0.25, 0.3) is 0 Å². The van der Waals surface area contributed by atoms with E-state index in [2.05, 4.69) is 15.4 Å². The lowest BCUT2D eigenvalue weighted by Gasteiger charge is -2.26. The van der Waals surface area contributed by atoms with Crippen molar-refractivity contribution < 1.29 is 9.53 Å². The summed E-state index contributed by atoms with van der Waals surface area (Å²) in [5.41, 5.74) is 7.03. The van der Waals surface area contributed by atoms with Crippen molar-refractivity contribution >= 4 is 5.91 Å². The number of amides is 1. The molecule has 3 N–H and O–H groups in total. The average Bonchev–Trinajstić information content (AvgIpc) is 3.15. The molecule has 7 nitrogen and oxygen atoms in total. The van der Waals surface area contributed by atoms with Crippen molar-refractivity contribution in [2.75, 3.05) is 13.2 Å². The molecule has 122 valence electrons. The highest BCUT2D eigenvalue weighted by molar-refractivity contribution is 5.81. The van der Waals surface area contributed by atoms with Gasteiger partial charge < -0.3 is 15.8 Å². The van der Waals surface area contributed by atoms with E-state index in [0.717, 1.165) is 24.2 Å². The third-order valence-electron chi connectivity index (χ3n) is 4.09. The molecular weight excluding hydrogens is 294 g/mol. The molecule has 1 saturated heterocycles. The highest BCUT2D eigenvalue weighted by Crippen LogP contribution is 2.17. The van der Waals surface area contributed by atoms with Gasteiger partial charge in [-0.3, -0.25) is 4.79 Å². The number of nitrogens with one attached hydrogen (secondary N) is 1. The molecule has 3 rings (SSSR count).